The zero-order valence-electron chi connectivity index (χ0n) is 14.8. The molecule has 1 atom stereocenters. The third-order valence-electron chi connectivity index (χ3n) is 3.69. The van der Waals surface area contributed by atoms with Crippen molar-refractivity contribution in [3.05, 3.63) is 29.6 Å². The molecular formula is C19H27FO4. The van der Waals surface area contributed by atoms with Gasteiger partial charge in [-0.25, -0.2) is 9.18 Å². The van der Waals surface area contributed by atoms with Crippen LogP contribution in [-0.2, 0) is 9.53 Å². The SMILES string of the molecule is CCCCCCCCC(C)OC(=O)c1ccc(OC(C)=O)cc1F. The molecule has 0 fully saturated rings. The van der Waals surface area contributed by atoms with Crippen LogP contribution < -0.4 is 4.74 Å². The first-order chi connectivity index (χ1) is 11.4. The highest BCUT2D eigenvalue weighted by Crippen LogP contribution is 2.19. The molecular weight excluding hydrogens is 311 g/mol. The van der Waals surface area contributed by atoms with Crippen molar-refractivity contribution in [3.63, 3.8) is 0 Å². The number of carbonyl (C=O) groups excluding carboxylic acids is 2. The molecule has 134 valence electrons. The number of benzene rings is 1. The smallest absolute Gasteiger partial charge is 0.341 e. The average Bonchev–Trinajstić information content (AvgIpc) is 2.50. The third kappa shape index (κ3) is 7.57. The maximum atomic E-state index is 13.9. The number of unbranched alkanes of at least 4 members (excludes halogenated alkanes) is 5. The second-order valence-corrected chi connectivity index (χ2v) is 6.01. The molecule has 0 bridgehead atoms. The molecule has 1 aromatic carbocycles. The van der Waals surface area contributed by atoms with Gasteiger partial charge in [0.2, 0.25) is 0 Å². The number of halogens is 1. The fourth-order valence-electron chi connectivity index (χ4n) is 2.41. The molecule has 0 aliphatic heterocycles. The molecule has 1 unspecified atom stereocenters. The summed E-state index contributed by atoms with van der Waals surface area (Å²) in [5, 5.41) is 0. The van der Waals surface area contributed by atoms with Gasteiger partial charge in [0.15, 0.2) is 0 Å². The van der Waals surface area contributed by atoms with E-state index < -0.39 is 17.8 Å². The Morgan fingerprint density at radius 1 is 1.12 bits per heavy atom. The Morgan fingerprint density at radius 3 is 2.42 bits per heavy atom. The standard InChI is InChI=1S/C19H27FO4/c1-4-5-6-7-8-9-10-14(2)23-19(22)17-12-11-16(13-18(17)20)24-15(3)21/h11-14H,4-10H2,1-3H3. The van der Waals surface area contributed by atoms with Gasteiger partial charge in [0, 0.05) is 13.0 Å². The van der Waals surface area contributed by atoms with E-state index in [0.29, 0.717) is 0 Å². The Balaban J connectivity index is 2.42. The first kappa shape index (κ1) is 20.1. The Kier molecular flexibility index (Phi) is 9.05. The molecule has 1 rings (SSSR count). The lowest BCUT2D eigenvalue weighted by atomic mass is 10.1. The number of hydrogen-bond donors (Lipinski definition) is 0. The molecule has 5 heteroatoms. The lowest BCUT2D eigenvalue weighted by molar-refractivity contribution is -0.131. The normalized spacial score (nSPS) is 11.8. The summed E-state index contributed by atoms with van der Waals surface area (Å²) < 4.78 is 24.0. The van der Waals surface area contributed by atoms with Crippen LogP contribution in [-0.4, -0.2) is 18.0 Å². The number of esters is 2. The van der Waals surface area contributed by atoms with E-state index >= 15 is 0 Å². The number of ether oxygens (including phenoxy) is 2. The van der Waals surface area contributed by atoms with Crippen LogP contribution >= 0.6 is 0 Å². The average molecular weight is 338 g/mol. The highest BCUT2D eigenvalue weighted by atomic mass is 19.1. The summed E-state index contributed by atoms with van der Waals surface area (Å²) >= 11 is 0. The molecule has 0 saturated carbocycles. The molecule has 0 radical (unpaired) electrons. The maximum absolute atomic E-state index is 13.9. The zero-order valence-corrected chi connectivity index (χ0v) is 14.8. The lowest BCUT2D eigenvalue weighted by Gasteiger charge is -2.13. The molecule has 24 heavy (non-hydrogen) atoms. The van der Waals surface area contributed by atoms with Crippen molar-refractivity contribution in [1.82, 2.24) is 0 Å². The highest BCUT2D eigenvalue weighted by Gasteiger charge is 2.17. The Bertz CT molecular complexity index is 542. The monoisotopic (exact) mass is 338 g/mol. The first-order valence-corrected chi connectivity index (χ1v) is 8.63. The van der Waals surface area contributed by atoms with Gasteiger partial charge in [-0.1, -0.05) is 39.0 Å². The molecule has 0 N–H and O–H groups in total. The van der Waals surface area contributed by atoms with Crippen molar-refractivity contribution in [1.29, 1.82) is 0 Å². The minimum Gasteiger partial charge on any atom is -0.459 e. The first-order valence-electron chi connectivity index (χ1n) is 8.63. The van der Waals surface area contributed by atoms with E-state index in [0.717, 1.165) is 25.3 Å². The molecule has 0 amide bonds. The van der Waals surface area contributed by atoms with Crippen LogP contribution in [0.4, 0.5) is 4.39 Å². The lowest BCUT2D eigenvalue weighted by Crippen LogP contribution is -2.16. The van der Waals surface area contributed by atoms with Crippen molar-refractivity contribution in [3.8, 4) is 5.75 Å². The Hall–Kier alpha value is -1.91. The second kappa shape index (κ2) is 10.8. The van der Waals surface area contributed by atoms with Crippen LogP contribution in [0.2, 0.25) is 0 Å². The molecule has 0 saturated heterocycles. The topological polar surface area (TPSA) is 52.6 Å². The summed E-state index contributed by atoms with van der Waals surface area (Å²) in [6, 6.07) is 3.66. The zero-order chi connectivity index (χ0) is 17.9. The van der Waals surface area contributed by atoms with Gasteiger partial charge in [0.1, 0.15) is 11.6 Å². The van der Waals surface area contributed by atoms with Crippen LogP contribution in [0.15, 0.2) is 18.2 Å². The quantitative estimate of drug-likeness (QED) is 0.340. The molecule has 0 spiro atoms. The van der Waals surface area contributed by atoms with Gasteiger partial charge in [-0.15, -0.1) is 0 Å². The molecule has 0 aliphatic rings. The van der Waals surface area contributed by atoms with Crippen LogP contribution in [0.5, 0.6) is 5.75 Å². The predicted octanol–water partition coefficient (Wildman–Crippen LogP) is 5.05. The van der Waals surface area contributed by atoms with E-state index in [1.165, 1.54) is 44.7 Å². The van der Waals surface area contributed by atoms with Crippen LogP contribution in [0.1, 0.15) is 76.1 Å². The fourth-order valence-corrected chi connectivity index (χ4v) is 2.41. The van der Waals surface area contributed by atoms with E-state index in [4.69, 9.17) is 9.47 Å². The number of rotatable bonds is 10. The van der Waals surface area contributed by atoms with Crippen molar-refractivity contribution >= 4 is 11.9 Å². The Labute approximate surface area is 143 Å². The second-order valence-electron chi connectivity index (χ2n) is 6.01. The summed E-state index contributed by atoms with van der Waals surface area (Å²) in [7, 11) is 0. The Morgan fingerprint density at radius 2 is 1.79 bits per heavy atom. The van der Waals surface area contributed by atoms with Crippen LogP contribution in [0, 0.1) is 5.82 Å². The third-order valence-corrected chi connectivity index (χ3v) is 3.69. The molecule has 4 nitrogen and oxygen atoms in total. The van der Waals surface area contributed by atoms with E-state index in [2.05, 4.69) is 6.92 Å². The van der Waals surface area contributed by atoms with E-state index in [9.17, 15) is 14.0 Å². The van der Waals surface area contributed by atoms with Crippen LogP contribution in [0.25, 0.3) is 0 Å². The van der Waals surface area contributed by atoms with Gasteiger partial charge in [0.05, 0.1) is 11.7 Å². The van der Waals surface area contributed by atoms with E-state index in [1.54, 1.807) is 0 Å². The van der Waals surface area contributed by atoms with Crippen LogP contribution in [0.3, 0.4) is 0 Å². The van der Waals surface area contributed by atoms with Gasteiger partial charge in [-0.05, 0) is 31.9 Å². The van der Waals surface area contributed by atoms with Gasteiger partial charge in [-0.3, -0.25) is 4.79 Å². The molecule has 1 aromatic rings. The minimum absolute atomic E-state index is 0.0664. The van der Waals surface area contributed by atoms with Gasteiger partial charge < -0.3 is 9.47 Å². The summed E-state index contributed by atoms with van der Waals surface area (Å²) in [5.41, 5.74) is -0.152. The van der Waals surface area contributed by atoms with Crippen molar-refractivity contribution in [2.75, 3.05) is 0 Å². The minimum atomic E-state index is -0.759. The van der Waals surface area contributed by atoms with E-state index in [-0.39, 0.29) is 17.4 Å². The van der Waals surface area contributed by atoms with Crippen molar-refractivity contribution in [2.45, 2.75) is 71.8 Å². The molecule has 0 aromatic heterocycles. The summed E-state index contributed by atoms with van der Waals surface area (Å²) in [6.07, 6.45) is 7.54. The number of hydrogen-bond acceptors (Lipinski definition) is 4. The summed E-state index contributed by atoms with van der Waals surface area (Å²) in [6.45, 7) is 5.22. The van der Waals surface area contributed by atoms with Crippen molar-refractivity contribution < 1.29 is 23.5 Å². The maximum Gasteiger partial charge on any atom is 0.341 e. The predicted molar refractivity (Wildman–Crippen MR) is 90.6 cm³/mol. The van der Waals surface area contributed by atoms with Gasteiger partial charge in [0.25, 0.3) is 0 Å². The van der Waals surface area contributed by atoms with E-state index in [1.807, 2.05) is 6.92 Å². The molecule has 0 heterocycles. The highest BCUT2D eigenvalue weighted by molar-refractivity contribution is 5.90. The number of carbonyl (C=O) groups is 2. The summed E-state index contributed by atoms with van der Waals surface area (Å²) in [5.74, 6) is -1.93. The largest absolute Gasteiger partial charge is 0.459 e. The van der Waals surface area contributed by atoms with Gasteiger partial charge >= 0.3 is 11.9 Å². The fraction of sp³-hybridized carbons (Fsp3) is 0.579. The summed E-state index contributed by atoms with van der Waals surface area (Å²) in [4.78, 5) is 22.8. The molecule has 0 aliphatic carbocycles. The van der Waals surface area contributed by atoms with Gasteiger partial charge in [-0.2, -0.15) is 0 Å². The van der Waals surface area contributed by atoms with Crippen molar-refractivity contribution in [2.24, 2.45) is 0 Å².